The topological polar surface area (TPSA) is 77.2 Å². The van der Waals surface area contributed by atoms with Gasteiger partial charge in [0.15, 0.2) is 11.9 Å². The van der Waals surface area contributed by atoms with Crippen LogP contribution in [-0.4, -0.2) is 24.1 Å². The van der Waals surface area contributed by atoms with Crippen molar-refractivity contribution in [3.8, 4) is 0 Å². The number of allylic oxidation sites excluding steroid dienone is 1. The van der Waals surface area contributed by atoms with Crippen LogP contribution in [0.2, 0.25) is 0 Å². The maximum Gasteiger partial charge on any atom is 0.433 e. The largest absolute Gasteiger partial charge is 0.467 e. The van der Waals surface area contributed by atoms with Crippen LogP contribution in [0.1, 0.15) is 11.3 Å². The summed E-state index contributed by atoms with van der Waals surface area (Å²) in [7, 11) is 1.03. The molecule has 0 spiro atoms. The summed E-state index contributed by atoms with van der Waals surface area (Å²) in [5.41, 5.74) is 1.95. The van der Waals surface area contributed by atoms with Gasteiger partial charge in [0.1, 0.15) is 5.69 Å². The van der Waals surface area contributed by atoms with Crippen LogP contribution in [0.3, 0.4) is 0 Å². The number of methoxy groups -OCH3 is 1. The van der Waals surface area contributed by atoms with Crippen molar-refractivity contribution in [2.75, 3.05) is 7.11 Å². The first kappa shape index (κ1) is 18.0. The van der Waals surface area contributed by atoms with Crippen molar-refractivity contribution in [3.05, 3.63) is 45.9 Å². The van der Waals surface area contributed by atoms with Gasteiger partial charge in [0.05, 0.1) is 29.1 Å². The minimum atomic E-state index is -4.87. The average molecular weight is 370 g/mol. The smallest absolute Gasteiger partial charge is 0.433 e. The molecule has 0 saturated heterocycles. The summed E-state index contributed by atoms with van der Waals surface area (Å²) < 4.78 is 70.1. The van der Waals surface area contributed by atoms with Crippen molar-refractivity contribution in [2.24, 2.45) is 5.73 Å². The second-order valence-electron chi connectivity index (χ2n) is 4.58. The van der Waals surface area contributed by atoms with Gasteiger partial charge < -0.3 is 15.8 Å². The van der Waals surface area contributed by atoms with Crippen LogP contribution in [0.5, 0.6) is 0 Å². The number of nitrogens with one attached hydrogen (secondary N) is 1. The van der Waals surface area contributed by atoms with Gasteiger partial charge >= 0.3 is 12.1 Å². The number of pyridine rings is 1. The highest BCUT2D eigenvalue weighted by molar-refractivity contribution is 6.33. The number of dihydropyridines is 1. The Morgan fingerprint density at radius 1 is 1.38 bits per heavy atom. The van der Waals surface area contributed by atoms with E-state index in [4.69, 9.17) is 17.3 Å². The van der Waals surface area contributed by atoms with Gasteiger partial charge in [0.25, 0.3) is 0 Å². The molecule has 1 aliphatic rings. The van der Waals surface area contributed by atoms with Crippen molar-refractivity contribution in [1.29, 1.82) is 0 Å². The number of halogens is 6. The Balaban J connectivity index is 2.53. The molecule has 0 amide bonds. The summed E-state index contributed by atoms with van der Waals surface area (Å²) in [6, 6.07) is -0.315. The summed E-state index contributed by atoms with van der Waals surface area (Å²) in [5.74, 6) is -3.79. The lowest BCUT2D eigenvalue weighted by atomic mass is 10.0. The van der Waals surface area contributed by atoms with E-state index >= 15 is 0 Å². The Kier molecular flexibility index (Phi) is 4.70. The van der Waals surface area contributed by atoms with E-state index in [0.717, 1.165) is 7.11 Å². The van der Waals surface area contributed by atoms with Crippen LogP contribution >= 0.6 is 11.6 Å². The maximum absolute atomic E-state index is 14.2. The predicted molar refractivity (Wildman–Crippen MR) is 73.2 cm³/mol. The van der Waals surface area contributed by atoms with Gasteiger partial charge in [-0.2, -0.15) is 17.6 Å². The second kappa shape index (κ2) is 6.27. The van der Waals surface area contributed by atoms with Gasteiger partial charge in [-0.15, -0.1) is 0 Å². The fourth-order valence-corrected chi connectivity index (χ4v) is 2.15. The van der Waals surface area contributed by atoms with E-state index < -0.39 is 57.6 Å². The van der Waals surface area contributed by atoms with Gasteiger partial charge in [-0.3, -0.25) is 0 Å². The van der Waals surface area contributed by atoms with Crippen molar-refractivity contribution in [2.45, 2.75) is 12.2 Å². The van der Waals surface area contributed by atoms with Gasteiger partial charge in [-0.05, 0) is 12.1 Å². The summed E-state index contributed by atoms with van der Waals surface area (Å²) in [6.07, 6.45) is -4.87. The fraction of sp³-hybridized carbons (Fsp3) is 0.231. The van der Waals surface area contributed by atoms with Crippen LogP contribution in [-0.2, 0) is 15.7 Å². The molecular weight excluding hydrogens is 361 g/mol. The molecule has 0 bridgehead atoms. The highest BCUT2D eigenvalue weighted by Gasteiger charge is 2.36. The van der Waals surface area contributed by atoms with Gasteiger partial charge in [-0.1, -0.05) is 11.6 Å². The summed E-state index contributed by atoms with van der Waals surface area (Å²) in [6.45, 7) is 0. The van der Waals surface area contributed by atoms with Gasteiger partial charge in [0, 0.05) is 0 Å². The number of hydrogen-bond acceptors (Lipinski definition) is 5. The normalized spacial score (nSPS) is 18.5. The van der Waals surface area contributed by atoms with Crippen molar-refractivity contribution in [1.82, 2.24) is 10.3 Å². The minimum Gasteiger partial charge on any atom is -0.467 e. The molecule has 1 aliphatic heterocycles. The molecule has 0 aromatic carbocycles. The Bertz CT molecular complexity index is 760. The first-order valence-electron chi connectivity index (χ1n) is 6.21. The highest BCUT2D eigenvalue weighted by Crippen LogP contribution is 2.34. The lowest BCUT2D eigenvalue weighted by Crippen LogP contribution is -2.41. The van der Waals surface area contributed by atoms with Crippen LogP contribution in [0, 0.1) is 5.95 Å². The van der Waals surface area contributed by atoms with Crippen molar-refractivity contribution in [3.63, 3.8) is 0 Å². The SMILES string of the molecule is COC(=O)C1NC(c2ccc(C(F)(F)F)nc2F)=C(F)C(N)=C1Cl. The number of ether oxygens (including phenoxy) is 1. The van der Waals surface area contributed by atoms with E-state index in [1.807, 2.05) is 0 Å². The maximum atomic E-state index is 14.2. The molecule has 11 heteroatoms. The molecule has 0 aliphatic carbocycles. The molecule has 130 valence electrons. The lowest BCUT2D eigenvalue weighted by Gasteiger charge is -2.25. The molecule has 3 N–H and O–H groups in total. The number of nitrogens with two attached hydrogens (primary N) is 1. The standard InChI is InChI=1S/C13H9ClF5N3O2/c1-24-12(23)10-6(14)8(20)7(15)9(22-10)4-2-3-5(13(17,18)19)21-11(4)16/h2-3,10,22H,20H2,1H3. The molecule has 2 heterocycles. The second-order valence-corrected chi connectivity index (χ2v) is 4.99. The Labute approximate surface area is 136 Å². The average Bonchev–Trinajstić information content (AvgIpc) is 2.52. The van der Waals surface area contributed by atoms with Gasteiger partial charge in [0.2, 0.25) is 5.95 Å². The van der Waals surface area contributed by atoms with Crippen molar-refractivity contribution >= 4 is 23.3 Å². The van der Waals surface area contributed by atoms with E-state index in [0.29, 0.717) is 12.1 Å². The van der Waals surface area contributed by atoms with Crippen molar-refractivity contribution < 1.29 is 31.5 Å². The van der Waals surface area contributed by atoms with Crippen LogP contribution in [0.15, 0.2) is 28.7 Å². The Morgan fingerprint density at radius 3 is 2.50 bits per heavy atom. The summed E-state index contributed by atoms with van der Waals surface area (Å²) in [4.78, 5) is 14.4. The minimum absolute atomic E-state index is 0.427. The van der Waals surface area contributed by atoms with Crippen LogP contribution in [0.25, 0.3) is 5.70 Å². The summed E-state index contributed by atoms with van der Waals surface area (Å²) in [5, 5.41) is 1.82. The monoisotopic (exact) mass is 369 g/mol. The molecule has 2 rings (SSSR count). The molecule has 0 radical (unpaired) electrons. The first-order valence-corrected chi connectivity index (χ1v) is 6.59. The van der Waals surface area contributed by atoms with Gasteiger partial charge in [-0.25, -0.2) is 14.2 Å². The molecule has 0 saturated carbocycles. The fourth-order valence-electron chi connectivity index (χ4n) is 1.92. The first-order chi connectivity index (χ1) is 11.1. The quantitative estimate of drug-likeness (QED) is 0.475. The van der Waals surface area contributed by atoms with E-state index in [2.05, 4.69) is 15.0 Å². The number of alkyl halides is 3. The molecule has 1 aromatic heterocycles. The highest BCUT2D eigenvalue weighted by atomic mass is 35.5. The van der Waals surface area contributed by atoms with Crippen LogP contribution < -0.4 is 11.1 Å². The van der Waals surface area contributed by atoms with E-state index in [1.165, 1.54) is 0 Å². The number of nitrogens with zero attached hydrogens (tertiary/aromatic N) is 1. The number of aromatic nitrogens is 1. The molecular formula is C13H9ClF5N3O2. The lowest BCUT2D eigenvalue weighted by molar-refractivity contribution is -0.142. The van der Waals surface area contributed by atoms with Crippen LogP contribution in [0.4, 0.5) is 22.0 Å². The third kappa shape index (κ3) is 3.14. The van der Waals surface area contributed by atoms with E-state index in [-0.39, 0.29) is 0 Å². The van der Waals surface area contributed by atoms with E-state index in [1.54, 1.807) is 0 Å². The molecule has 1 atom stereocenters. The van der Waals surface area contributed by atoms with E-state index in [9.17, 15) is 26.7 Å². The molecule has 1 aromatic rings. The zero-order valence-electron chi connectivity index (χ0n) is 11.8. The zero-order valence-corrected chi connectivity index (χ0v) is 12.6. The third-order valence-corrected chi connectivity index (χ3v) is 3.52. The molecule has 5 nitrogen and oxygen atoms in total. The molecule has 1 unspecified atom stereocenters. The third-order valence-electron chi connectivity index (χ3n) is 3.10. The predicted octanol–water partition coefficient (Wildman–Crippen LogP) is 2.43. The summed E-state index contributed by atoms with van der Waals surface area (Å²) >= 11 is 5.74. The number of rotatable bonds is 2. The number of carbonyl (C=O) groups is 1. The zero-order chi connectivity index (χ0) is 18.2. The number of hydrogen-bond donors (Lipinski definition) is 2. The Morgan fingerprint density at radius 2 is 2.00 bits per heavy atom. The number of esters is 1. The Hall–Kier alpha value is -2.36. The molecule has 0 fully saturated rings. The number of carbonyl (C=O) groups excluding carboxylic acids is 1. The molecule has 24 heavy (non-hydrogen) atoms.